The van der Waals surface area contributed by atoms with E-state index >= 15 is 0 Å². The van der Waals surface area contributed by atoms with Gasteiger partial charge in [0, 0.05) is 32.6 Å². The van der Waals surface area contributed by atoms with Gasteiger partial charge in [-0.05, 0) is 82.0 Å². The maximum Gasteiger partial charge on any atom is 0.256 e. The van der Waals surface area contributed by atoms with Gasteiger partial charge in [-0.3, -0.25) is 9.59 Å². The number of hydrogen-bond acceptors (Lipinski definition) is 8. The molecular formula is C27H30N6O2S2. The van der Waals surface area contributed by atoms with Crippen molar-refractivity contribution in [2.45, 2.75) is 35.6 Å². The van der Waals surface area contributed by atoms with Gasteiger partial charge in [-0.25, -0.2) is 9.98 Å². The maximum absolute atomic E-state index is 12.8. The van der Waals surface area contributed by atoms with Crippen LogP contribution >= 0.6 is 23.1 Å². The maximum atomic E-state index is 12.8. The van der Waals surface area contributed by atoms with Gasteiger partial charge >= 0.3 is 0 Å². The number of hydrogen-bond donors (Lipinski definition) is 3. The van der Waals surface area contributed by atoms with Crippen molar-refractivity contribution >= 4 is 51.9 Å². The number of nitrogens with one attached hydrogen (secondary N) is 2. The minimum absolute atomic E-state index is 0.182. The van der Waals surface area contributed by atoms with Crippen molar-refractivity contribution < 1.29 is 9.59 Å². The molecule has 1 aliphatic heterocycles. The number of aromatic nitrogens is 1. The minimum Gasteiger partial charge on any atom is -0.404 e. The number of thiazole rings is 1. The number of fused-ring (bicyclic) bond motifs is 2. The van der Waals surface area contributed by atoms with E-state index in [1.54, 1.807) is 36.8 Å². The van der Waals surface area contributed by atoms with Crippen LogP contribution in [0, 0.1) is 0 Å². The van der Waals surface area contributed by atoms with Crippen molar-refractivity contribution in [3.8, 4) is 0 Å². The fourth-order valence-corrected chi connectivity index (χ4v) is 5.41. The topological polar surface area (TPSA) is 113 Å². The monoisotopic (exact) mass is 534 g/mol. The van der Waals surface area contributed by atoms with E-state index < -0.39 is 0 Å². The van der Waals surface area contributed by atoms with Gasteiger partial charge in [0.15, 0.2) is 0 Å². The van der Waals surface area contributed by atoms with Crippen LogP contribution in [0.1, 0.15) is 44.9 Å². The number of anilines is 1. The van der Waals surface area contributed by atoms with E-state index in [1.807, 2.05) is 24.3 Å². The number of aliphatic imine (C=N–C) groups is 1. The van der Waals surface area contributed by atoms with Gasteiger partial charge in [-0.15, -0.1) is 0 Å². The van der Waals surface area contributed by atoms with E-state index in [0.29, 0.717) is 28.5 Å². The number of benzene rings is 2. The fourth-order valence-electron chi connectivity index (χ4n) is 3.70. The average Bonchev–Trinajstić information content (AvgIpc) is 3.29. The third kappa shape index (κ3) is 7.28. The van der Waals surface area contributed by atoms with Crippen LogP contribution in [0.5, 0.6) is 0 Å². The molecular weight excluding hydrogens is 504 g/mol. The Balaban J connectivity index is 1.32. The standard InChI is InChI=1S/C27H30N6O2S2/c1-33(2)12-6-5-7-18(14-28)15-30-27-31-17-20(36-27)16-29-25(34)19-10-11-24-22(13-19)32-26(35)21-8-3-4-9-23(21)37-24/h3-4,8-11,13-15,17H,5-7,12,16,28H2,1-2H3,(H,29,34)(H,32,35). The lowest BCUT2D eigenvalue weighted by molar-refractivity contribution is 0.0949. The lowest BCUT2D eigenvalue weighted by Gasteiger charge is -2.09. The first kappa shape index (κ1) is 26.6. The van der Waals surface area contributed by atoms with E-state index in [2.05, 4.69) is 39.6 Å². The summed E-state index contributed by atoms with van der Waals surface area (Å²) in [5.41, 5.74) is 8.44. The van der Waals surface area contributed by atoms with Crippen LogP contribution in [0.15, 0.2) is 75.2 Å². The number of carbonyl (C=O) groups is 2. The first-order valence-corrected chi connectivity index (χ1v) is 13.6. The number of unbranched alkanes of at least 4 members (excludes halogenated alkanes) is 1. The molecule has 8 nitrogen and oxygen atoms in total. The van der Waals surface area contributed by atoms with Gasteiger partial charge in [-0.2, -0.15) is 0 Å². The zero-order chi connectivity index (χ0) is 26.2. The number of amides is 2. The molecule has 1 aliphatic rings. The fraction of sp³-hybridized carbons (Fsp3) is 0.259. The lowest BCUT2D eigenvalue weighted by atomic mass is 10.1. The molecule has 1 aromatic heterocycles. The van der Waals surface area contributed by atoms with Gasteiger partial charge in [-0.1, -0.05) is 35.2 Å². The van der Waals surface area contributed by atoms with Crippen molar-refractivity contribution in [3.63, 3.8) is 0 Å². The smallest absolute Gasteiger partial charge is 0.256 e. The summed E-state index contributed by atoms with van der Waals surface area (Å²) < 4.78 is 0. The van der Waals surface area contributed by atoms with Crippen LogP contribution in [-0.4, -0.2) is 48.6 Å². The van der Waals surface area contributed by atoms with Crippen molar-refractivity contribution in [3.05, 3.63) is 76.4 Å². The molecule has 4 rings (SSSR count). The molecule has 0 saturated carbocycles. The van der Waals surface area contributed by atoms with E-state index in [4.69, 9.17) is 5.73 Å². The number of carbonyl (C=O) groups excluding carboxylic acids is 2. The summed E-state index contributed by atoms with van der Waals surface area (Å²) in [6, 6.07) is 12.8. The summed E-state index contributed by atoms with van der Waals surface area (Å²) in [6.07, 6.45) is 8.08. The second kappa shape index (κ2) is 12.7. The molecule has 10 heteroatoms. The molecule has 0 atom stereocenters. The SMILES string of the molecule is CN(C)CCCCC(C=Nc1ncc(CNC(=O)c2ccc3c(c2)NC(=O)c2ccccc2S3)s1)=CN. The van der Waals surface area contributed by atoms with E-state index in [9.17, 15) is 9.59 Å². The van der Waals surface area contributed by atoms with Crippen molar-refractivity contribution in [1.82, 2.24) is 15.2 Å². The lowest BCUT2D eigenvalue weighted by Crippen LogP contribution is -2.22. The Bertz CT molecular complexity index is 1330. The molecule has 0 spiro atoms. The summed E-state index contributed by atoms with van der Waals surface area (Å²) in [5, 5.41) is 6.46. The van der Waals surface area contributed by atoms with Gasteiger partial charge in [0.1, 0.15) is 0 Å². The van der Waals surface area contributed by atoms with E-state index in [0.717, 1.165) is 46.0 Å². The van der Waals surface area contributed by atoms with E-state index in [1.165, 1.54) is 23.1 Å². The minimum atomic E-state index is -0.228. The van der Waals surface area contributed by atoms with Crippen molar-refractivity contribution in [1.29, 1.82) is 0 Å². The predicted octanol–water partition coefficient (Wildman–Crippen LogP) is 5.07. The zero-order valence-corrected chi connectivity index (χ0v) is 22.5. The molecule has 0 radical (unpaired) electrons. The van der Waals surface area contributed by atoms with Crippen LogP contribution in [-0.2, 0) is 6.54 Å². The third-order valence-electron chi connectivity index (χ3n) is 5.68. The largest absolute Gasteiger partial charge is 0.404 e. The summed E-state index contributed by atoms with van der Waals surface area (Å²) in [7, 11) is 4.13. The quantitative estimate of drug-likeness (QED) is 0.247. The summed E-state index contributed by atoms with van der Waals surface area (Å²) in [6.45, 7) is 1.38. The molecule has 4 N–H and O–H groups in total. The van der Waals surface area contributed by atoms with Crippen LogP contribution < -0.4 is 16.4 Å². The normalized spacial score (nSPS) is 13.3. The van der Waals surface area contributed by atoms with E-state index in [-0.39, 0.29) is 11.8 Å². The number of rotatable bonds is 10. The number of allylic oxidation sites excluding steroid dienone is 1. The molecule has 0 saturated heterocycles. The van der Waals surface area contributed by atoms with Crippen molar-refractivity contribution in [2.24, 2.45) is 10.7 Å². The molecule has 37 heavy (non-hydrogen) atoms. The Morgan fingerprint density at radius 1 is 1.19 bits per heavy atom. The predicted molar refractivity (Wildman–Crippen MR) is 151 cm³/mol. The molecule has 2 amide bonds. The first-order chi connectivity index (χ1) is 17.9. The van der Waals surface area contributed by atoms with Gasteiger partial charge in [0.05, 0.1) is 17.8 Å². The molecule has 2 aromatic carbocycles. The Hall–Kier alpha value is -3.47. The Labute approximate surface area is 225 Å². The zero-order valence-electron chi connectivity index (χ0n) is 20.9. The highest BCUT2D eigenvalue weighted by molar-refractivity contribution is 7.99. The van der Waals surface area contributed by atoms with Crippen LogP contribution in [0.2, 0.25) is 0 Å². The molecule has 3 aromatic rings. The Morgan fingerprint density at radius 2 is 2.03 bits per heavy atom. The number of nitrogens with two attached hydrogens (primary N) is 1. The number of nitrogens with zero attached hydrogens (tertiary/aromatic N) is 3. The highest BCUT2D eigenvalue weighted by Gasteiger charge is 2.20. The average molecular weight is 535 g/mol. The second-order valence-corrected chi connectivity index (χ2v) is 11.0. The molecule has 192 valence electrons. The highest BCUT2D eigenvalue weighted by Crippen LogP contribution is 2.39. The van der Waals surface area contributed by atoms with Gasteiger partial charge < -0.3 is 21.3 Å². The Morgan fingerprint density at radius 3 is 2.84 bits per heavy atom. The van der Waals surface area contributed by atoms with Crippen molar-refractivity contribution in [2.75, 3.05) is 26.0 Å². The Kier molecular flexibility index (Phi) is 9.10. The first-order valence-electron chi connectivity index (χ1n) is 12.0. The molecule has 2 heterocycles. The van der Waals surface area contributed by atoms with Gasteiger partial charge in [0.2, 0.25) is 5.13 Å². The van der Waals surface area contributed by atoms with Crippen LogP contribution in [0.4, 0.5) is 10.8 Å². The molecule has 0 aliphatic carbocycles. The molecule has 0 bridgehead atoms. The summed E-state index contributed by atoms with van der Waals surface area (Å²) in [4.78, 5) is 39.0. The summed E-state index contributed by atoms with van der Waals surface area (Å²) >= 11 is 2.92. The summed E-state index contributed by atoms with van der Waals surface area (Å²) in [5.74, 6) is -0.410. The third-order valence-corrected chi connectivity index (χ3v) is 7.74. The van der Waals surface area contributed by atoms with Gasteiger partial charge in [0.25, 0.3) is 11.8 Å². The second-order valence-electron chi connectivity index (χ2n) is 8.82. The van der Waals surface area contributed by atoms with Crippen LogP contribution in [0.25, 0.3) is 0 Å². The van der Waals surface area contributed by atoms with Crippen LogP contribution in [0.3, 0.4) is 0 Å². The molecule has 0 unspecified atom stereocenters. The highest BCUT2D eigenvalue weighted by atomic mass is 32.2. The molecule has 0 fully saturated rings.